The van der Waals surface area contributed by atoms with Crippen LogP contribution >= 0.6 is 0 Å². The zero-order chi connectivity index (χ0) is 10.9. The minimum absolute atomic E-state index is 1.11. The van der Waals surface area contributed by atoms with E-state index >= 15 is 0 Å². The Kier molecular flexibility index (Phi) is 6.05. The smallest absolute Gasteiger partial charge is 0.00188 e. The second-order valence-electron chi connectivity index (χ2n) is 4.00. The van der Waals surface area contributed by atoms with E-state index in [1.165, 1.54) is 18.5 Å². The van der Waals surface area contributed by atoms with Gasteiger partial charge in [0.25, 0.3) is 0 Å². The summed E-state index contributed by atoms with van der Waals surface area (Å²) in [5.41, 5.74) is 1.43. The highest BCUT2D eigenvalue weighted by molar-refractivity contribution is 5.14. The lowest BCUT2D eigenvalue weighted by molar-refractivity contribution is 0.332. The molecule has 0 amide bonds. The van der Waals surface area contributed by atoms with Crippen LogP contribution in [0.5, 0.6) is 0 Å². The van der Waals surface area contributed by atoms with Crippen LogP contribution in [0.3, 0.4) is 0 Å². The highest BCUT2D eigenvalue weighted by Crippen LogP contribution is 2.00. The fourth-order valence-electron chi connectivity index (χ4n) is 1.60. The van der Waals surface area contributed by atoms with E-state index in [9.17, 15) is 0 Å². The zero-order valence-electron chi connectivity index (χ0n) is 9.87. The Bertz CT molecular complexity index is 246. The molecule has 0 saturated carbocycles. The standard InChI is InChI=1S/C13H22N2/c1-14-10-6-11-15(2)12-9-13-7-4-3-5-8-13/h3-5,7-8,14H,6,9-12H2,1-2H3. The number of hydrogen-bond donors (Lipinski definition) is 1. The normalized spacial score (nSPS) is 10.9. The summed E-state index contributed by atoms with van der Waals surface area (Å²) in [6.07, 6.45) is 2.37. The SMILES string of the molecule is CNCCCN(C)CCc1ccccc1. The Morgan fingerprint density at radius 3 is 2.53 bits per heavy atom. The molecule has 15 heavy (non-hydrogen) atoms. The van der Waals surface area contributed by atoms with Gasteiger partial charge in [-0.25, -0.2) is 0 Å². The van der Waals surface area contributed by atoms with Gasteiger partial charge in [0.05, 0.1) is 0 Å². The molecule has 2 heteroatoms. The second kappa shape index (κ2) is 7.43. The number of likely N-dealkylation sites (N-methyl/N-ethyl adjacent to an activating group) is 1. The van der Waals surface area contributed by atoms with Crippen molar-refractivity contribution in [2.24, 2.45) is 0 Å². The van der Waals surface area contributed by atoms with Crippen LogP contribution in [0.15, 0.2) is 30.3 Å². The molecule has 0 fully saturated rings. The molecule has 0 unspecified atom stereocenters. The van der Waals surface area contributed by atoms with E-state index in [1.807, 2.05) is 7.05 Å². The van der Waals surface area contributed by atoms with Gasteiger partial charge in [-0.1, -0.05) is 30.3 Å². The lowest BCUT2D eigenvalue weighted by atomic mass is 10.1. The van der Waals surface area contributed by atoms with Gasteiger partial charge in [-0.05, 0) is 45.6 Å². The Morgan fingerprint density at radius 1 is 1.13 bits per heavy atom. The fourth-order valence-corrected chi connectivity index (χ4v) is 1.60. The van der Waals surface area contributed by atoms with E-state index in [0.717, 1.165) is 19.5 Å². The summed E-state index contributed by atoms with van der Waals surface area (Å²) in [6, 6.07) is 10.7. The first-order valence-electron chi connectivity index (χ1n) is 5.70. The number of nitrogens with zero attached hydrogens (tertiary/aromatic N) is 1. The predicted molar refractivity (Wildman–Crippen MR) is 66.2 cm³/mol. The van der Waals surface area contributed by atoms with Gasteiger partial charge in [0, 0.05) is 6.54 Å². The van der Waals surface area contributed by atoms with Crippen LogP contribution in [0, 0.1) is 0 Å². The van der Waals surface area contributed by atoms with E-state index in [4.69, 9.17) is 0 Å². The minimum atomic E-state index is 1.11. The maximum absolute atomic E-state index is 3.17. The van der Waals surface area contributed by atoms with Crippen LogP contribution in [-0.4, -0.2) is 38.6 Å². The van der Waals surface area contributed by atoms with Crippen molar-refractivity contribution in [3.05, 3.63) is 35.9 Å². The summed E-state index contributed by atoms with van der Waals surface area (Å²) in [4.78, 5) is 2.39. The molecule has 0 radical (unpaired) electrons. The molecular formula is C13H22N2. The van der Waals surface area contributed by atoms with Crippen molar-refractivity contribution in [3.8, 4) is 0 Å². The topological polar surface area (TPSA) is 15.3 Å². The van der Waals surface area contributed by atoms with E-state index in [0.29, 0.717) is 0 Å². The van der Waals surface area contributed by atoms with Crippen LogP contribution in [0.25, 0.3) is 0 Å². The fraction of sp³-hybridized carbons (Fsp3) is 0.538. The van der Waals surface area contributed by atoms with Crippen molar-refractivity contribution in [2.45, 2.75) is 12.8 Å². The summed E-state index contributed by atoms with van der Waals surface area (Å²) in [6.45, 7) is 3.43. The van der Waals surface area contributed by atoms with Crippen LogP contribution < -0.4 is 5.32 Å². The number of hydrogen-bond acceptors (Lipinski definition) is 2. The summed E-state index contributed by atoms with van der Waals surface area (Å²) >= 11 is 0. The van der Waals surface area contributed by atoms with E-state index in [-0.39, 0.29) is 0 Å². The number of nitrogens with one attached hydrogen (secondary N) is 1. The molecule has 0 aliphatic carbocycles. The van der Waals surface area contributed by atoms with Gasteiger partial charge in [-0.15, -0.1) is 0 Å². The molecule has 1 rings (SSSR count). The van der Waals surface area contributed by atoms with Crippen LogP contribution in [0.1, 0.15) is 12.0 Å². The van der Waals surface area contributed by atoms with Gasteiger partial charge in [0.2, 0.25) is 0 Å². The summed E-state index contributed by atoms with van der Waals surface area (Å²) in [7, 11) is 4.20. The van der Waals surface area contributed by atoms with E-state index in [2.05, 4.69) is 47.6 Å². The Hall–Kier alpha value is -0.860. The molecule has 1 aromatic rings. The summed E-state index contributed by atoms with van der Waals surface area (Å²) < 4.78 is 0. The third-order valence-corrected chi connectivity index (χ3v) is 2.59. The van der Waals surface area contributed by atoms with Gasteiger partial charge in [-0.3, -0.25) is 0 Å². The summed E-state index contributed by atoms with van der Waals surface area (Å²) in [5.74, 6) is 0. The number of benzene rings is 1. The predicted octanol–water partition coefficient (Wildman–Crippen LogP) is 1.77. The van der Waals surface area contributed by atoms with Crippen molar-refractivity contribution in [3.63, 3.8) is 0 Å². The minimum Gasteiger partial charge on any atom is -0.320 e. The second-order valence-corrected chi connectivity index (χ2v) is 4.00. The first-order chi connectivity index (χ1) is 7.33. The molecule has 0 heterocycles. The van der Waals surface area contributed by atoms with Crippen LogP contribution in [0.2, 0.25) is 0 Å². The van der Waals surface area contributed by atoms with Crippen molar-refractivity contribution in [1.82, 2.24) is 10.2 Å². The van der Waals surface area contributed by atoms with Crippen LogP contribution in [0.4, 0.5) is 0 Å². The van der Waals surface area contributed by atoms with Gasteiger partial charge < -0.3 is 10.2 Å². The van der Waals surface area contributed by atoms with E-state index in [1.54, 1.807) is 0 Å². The third kappa shape index (κ3) is 5.55. The Balaban J connectivity index is 2.14. The Labute approximate surface area is 93.3 Å². The molecule has 0 saturated heterocycles. The largest absolute Gasteiger partial charge is 0.320 e. The van der Waals surface area contributed by atoms with Crippen molar-refractivity contribution < 1.29 is 0 Å². The highest BCUT2D eigenvalue weighted by atomic mass is 15.1. The molecule has 0 aliphatic heterocycles. The van der Waals surface area contributed by atoms with Gasteiger partial charge >= 0.3 is 0 Å². The average Bonchev–Trinajstić information content (AvgIpc) is 2.28. The molecule has 1 N–H and O–H groups in total. The highest BCUT2D eigenvalue weighted by Gasteiger charge is 1.98. The quantitative estimate of drug-likeness (QED) is 0.684. The van der Waals surface area contributed by atoms with Gasteiger partial charge in [0.1, 0.15) is 0 Å². The average molecular weight is 206 g/mol. The molecular weight excluding hydrogens is 184 g/mol. The maximum atomic E-state index is 3.17. The molecule has 0 atom stereocenters. The third-order valence-electron chi connectivity index (χ3n) is 2.59. The number of rotatable bonds is 7. The molecule has 2 nitrogen and oxygen atoms in total. The molecule has 0 bridgehead atoms. The van der Waals surface area contributed by atoms with Crippen LogP contribution in [-0.2, 0) is 6.42 Å². The molecule has 84 valence electrons. The first kappa shape index (κ1) is 12.2. The van der Waals surface area contributed by atoms with Gasteiger partial charge in [-0.2, -0.15) is 0 Å². The molecule has 0 aliphatic rings. The zero-order valence-corrected chi connectivity index (χ0v) is 9.87. The molecule has 0 aromatic heterocycles. The Morgan fingerprint density at radius 2 is 1.87 bits per heavy atom. The lowest BCUT2D eigenvalue weighted by Crippen LogP contribution is -2.24. The van der Waals surface area contributed by atoms with Crippen molar-refractivity contribution in [1.29, 1.82) is 0 Å². The maximum Gasteiger partial charge on any atom is 0.00188 e. The molecule has 0 spiro atoms. The monoisotopic (exact) mass is 206 g/mol. The molecule has 1 aromatic carbocycles. The van der Waals surface area contributed by atoms with Gasteiger partial charge in [0.15, 0.2) is 0 Å². The van der Waals surface area contributed by atoms with E-state index < -0.39 is 0 Å². The lowest BCUT2D eigenvalue weighted by Gasteiger charge is -2.16. The summed E-state index contributed by atoms with van der Waals surface area (Å²) in [5, 5.41) is 3.17. The van der Waals surface area contributed by atoms with Crippen molar-refractivity contribution in [2.75, 3.05) is 33.7 Å². The van der Waals surface area contributed by atoms with Crippen molar-refractivity contribution >= 4 is 0 Å². The first-order valence-corrected chi connectivity index (χ1v) is 5.70.